The molecule has 5 heteroatoms. The van der Waals surface area contributed by atoms with Crippen molar-refractivity contribution < 1.29 is 14.0 Å². The number of aromatic nitrogens is 1. The zero-order valence-electron chi connectivity index (χ0n) is 14.4. The number of aliphatic hydroxyl groups excluding tert-OH is 1. The lowest BCUT2D eigenvalue weighted by Gasteiger charge is -2.43. The van der Waals surface area contributed by atoms with Crippen LogP contribution in [-0.4, -0.2) is 21.9 Å². The van der Waals surface area contributed by atoms with Crippen LogP contribution in [0.3, 0.4) is 0 Å². The van der Waals surface area contributed by atoms with Crippen molar-refractivity contribution in [2.75, 3.05) is 5.32 Å². The maximum atomic E-state index is 15.3. The van der Waals surface area contributed by atoms with Crippen LogP contribution >= 0.6 is 0 Å². The van der Waals surface area contributed by atoms with E-state index in [-0.39, 0.29) is 11.7 Å². The molecule has 0 bridgehead atoms. The fourth-order valence-electron chi connectivity index (χ4n) is 3.64. The van der Waals surface area contributed by atoms with E-state index in [1.54, 1.807) is 13.8 Å². The lowest BCUT2D eigenvalue weighted by molar-refractivity contribution is 0.0855. The highest BCUT2D eigenvalue weighted by Crippen LogP contribution is 2.45. The molecule has 0 saturated carbocycles. The first kappa shape index (κ1) is 16.0. The first-order valence-corrected chi connectivity index (χ1v) is 7.87. The first-order valence-electron chi connectivity index (χ1n) is 7.87. The molecule has 23 heavy (non-hydrogen) atoms. The Bertz CT molecular complexity index is 760. The van der Waals surface area contributed by atoms with Gasteiger partial charge in [-0.2, -0.15) is 0 Å². The number of rotatable bonds is 1. The van der Waals surface area contributed by atoms with Crippen molar-refractivity contribution in [2.24, 2.45) is 0 Å². The van der Waals surface area contributed by atoms with E-state index in [1.807, 2.05) is 33.8 Å². The minimum absolute atomic E-state index is 0.305. The summed E-state index contributed by atoms with van der Waals surface area (Å²) in [4.78, 5) is 0. The number of benzene rings is 1. The number of anilines is 1. The Morgan fingerprint density at radius 3 is 2.52 bits per heavy atom. The number of aliphatic hydroxyl groups is 1. The average molecular weight is 318 g/mol. The Balaban J connectivity index is 2.28. The van der Waals surface area contributed by atoms with Crippen LogP contribution in [0.15, 0.2) is 10.6 Å². The SMILES string of the molecule is Cc1cc(-c2c(C)noc2C)c(F)c2c1NC(C)(C)[C@H](O)[C@H]2C. The van der Waals surface area contributed by atoms with E-state index in [9.17, 15) is 5.11 Å². The van der Waals surface area contributed by atoms with Gasteiger partial charge in [-0.05, 0) is 46.2 Å². The highest BCUT2D eigenvalue weighted by Gasteiger charge is 2.41. The van der Waals surface area contributed by atoms with E-state index in [4.69, 9.17) is 4.52 Å². The smallest absolute Gasteiger partial charge is 0.141 e. The van der Waals surface area contributed by atoms with Crippen molar-refractivity contribution in [1.29, 1.82) is 0 Å². The van der Waals surface area contributed by atoms with Crippen LogP contribution in [0.2, 0.25) is 0 Å². The second kappa shape index (κ2) is 5.06. The molecule has 124 valence electrons. The molecule has 0 unspecified atom stereocenters. The van der Waals surface area contributed by atoms with Gasteiger partial charge in [0.1, 0.15) is 11.6 Å². The van der Waals surface area contributed by atoms with Gasteiger partial charge in [-0.25, -0.2) is 4.39 Å². The van der Waals surface area contributed by atoms with Crippen molar-refractivity contribution in [3.05, 3.63) is 34.5 Å². The normalized spacial score (nSPS) is 22.6. The lowest BCUT2D eigenvalue weighted by atomic mass is 9.77. The monoisotopic (exact) mass is 318 g/mol. The van der Waals surface area contributed by atoms with Crippen molar-refractivity contribution in [3.63, 3.8) is 0 Å². The molecule has 0 amide bonds. The van der Waals surface area contributed by atoms with E-state index in [0.717, 1.165) is 11.3 Å². The van der Waals surface area contributed by atoms with Crippen molar-refractivity contribution in [2.45, 2.75) is 59.1 Å². The van der Waals surface area contributed by atoms with Gasteiger partial charge < -0.3 is 14.9 Å². The van der Waals surface area contributed by atoms with E-state index >= 15 is 4.39 Å². The molecule has 4 nitrogen and oxygen atoms in total. The van der Waals surface area contributed by atoms with Gasteiger partial charge in [0.15, 0.2) is 0 Å². The van der Waals surface area contributed by atoms with E-state index < -0.39 is 11.6 Å². The second-order valence-electron chi connectivity index (χ2n) is 7.12. The molecular formula is C18H23FN2O2. The zero-order valence-corrected chi connectivity index (χ0v) is 14.4. The fraction of sp³-hybridized carbons (Fsp3) is 0.500. The molecule has 1 aromatic heterocycles. The molecule has 2 atom stereocenters. The number of halogens is 1. The number of hydrogen-bond acceptors (Lipinski definition) is 4. The number of nitrogens with zero attached hydrogens (tertiary/aromatic N) is 1. The summed E-state index contributed by atoms with van der Waals surface area (Å²) in [6, 6.07) is 1.83. The highest BCUT2D eigenvalue weighted by atomic mass is 19.1. The summed E-state index contributed by atoms with van der Waals surface area (Å²) in [5.41, 5.74) is 3.60. The molecule has 2 heterocycles. The fourth-order valence-corrected chi connectivity index (χ4v) is 3.64. The maximum absolute atomic E-state index is 15.3. The molecule has 0 spiro atoms. The predicted octanol–water partition coefficient (Wildman–Crippen LogP) is 4.07. The van der Waals surface area contributed by atoms with E-state index in [2.05, 4.69) is 10.5 Å². The van der Waals surface area contributed by atoms with E-state index in [0.29, 0.717) is 28.1 Å². The maximum Gasteiger partial charge on any atom is 0.141 e. The quantitative estimate of drug-likeness (QED) is 0.832. The van der Waals surface area contributed by atoms with Gasteiger partial charge in [-0.1, -0.05) is 12.1 Å². The van der Waals surface area contributed by atoms with Crippen LogP contribution in [0.25, 0.3) is 11.1 Å². The number of nitrogens with one attached hydrogen (secondary N) is 1. The molecule has 0 aliphatic carbocycles. The Hall–Kier alpha value is -1.88. The molecular weight excluding hydrogens is 295 g/mol. The largest absolute Gasteiger partial charge is 0.390 e. The molecule has 1 aliphatic rings. The van der Waals surface area contributed by atoms with Gasteiger partial charge in [-0.15, -0.1) is 0 Å². The number of hydrogen-bond donors (Lipinski definition) is 2. The van der Waals surface area contributed by atoms with Gasteiger partial charge in [0.05, 0.1) is 22.9 Å². The molecule has 2 aromatic rings. The van der Waals surface area contributed by atoms with Crippen LogP contribution in [-0.2, 0) is 0 Å². The molecule has 1 aliphatic heterocycles. The standard InChI is InChI=1S/C18H23FN2O2/c1-8-7-12(14-10(3)21-23-11(14)4)15(19)13-9(2)17(22)18(5,6)20-16(8)13/h7,9,17,20,22H,1-6H3/t9-,17+/m0/s1. The molecule has 1 aromatic carbocycles. The van der Waals surface area contributed by atoms with Crippen LogP contribution in [0, 0.1) is 26.6 Å². The lowest BCUT2D eigenvalue weighted by Crippen LogP contribution is -2.50. The number of aryl methyl sites for hydroxylation is 3. The van der Waals surface area contributed by atoms with Gasteiger partial charge in [0.25, 0.3) is 0 Å². The topological polar surface area (TPSA) is 58.3 Å². The molecule has 0 fully saturated rings. The minimum atomic E-state index is -0.677. The second-order valence-corrected chi connectivity index (χ2v) is 7.12. The average Bonchev–Trinajstić information content (AvgIpc) is 2.79. The zero-order chi connectivity index (χ0) is 17.1. The van der Waals surface area contributed by atoms with Crippen LogP contribution in [0.5, 0.6) is 0 Å². The highest BCUT2D eigenvalue weighted by molar-refractivity contribution is 5.76. The van der Waals surface area contributed by atoms with E-state index in [1.165, 1.54) is 0 Å². The first-order chi connectivity index (χ1) is 10.6. The third kappa shape index (κ3) is 2.26. The van der Waals surface area contributed by atoms with Gasteiger partial charge >= 0.3 is 0 Å². The third-order valence-electron chi connectivity index (χ3n) is 4.92. The minimum Gasteiger partial charge on any atom is -0.390 e. The number of fused-ring (bicyclic) bond motifs is 1. The molecule has 2 N–H and O–H groups in total. The summed E-state index contributed by atoms with van der Waals surface area (Å²) >= 11 is 0. The summed E-state index contributed by atoms with van der Waals surface area (Å²) < 4.78 is 20.5. The van der Waals surface area contributed by atoms with Crippen molar-refractivity contribution in [1.82, 2.24) is 5.16 Å². The Morgan fingerprint density at radius 2 is 1.96 bits per heavy atom. The predicted molar refractivity (Wildman–Crippen MR) is 88.2 cm³/mol. The summed E-state index contributed by atoms with van der Waals surface area (Å²) in [7, 11) is 0. The van der Waals surface area contributed by atoms with Gasteiger partial charge in [0, 0.05) is 22.7 Å². The Labute approximate surface area is 135 Å². The summed E-state index contributed by atoms with van der Waals surface area (Å²) in [6.07, 6.45) is -0.677. The molecule has 0 saturated heterocycles. The van der Waals surface area contributed by atoms with Crippen LogP contribution in [0.4, 0.5) is 10.1 Å². The molecule has 3 rings (SSSR count). The van der Waals surface area contributed by atoms with Crippen LogP contribution in [0.1, 0.15) is 49.3 Å². The Kier molecular flexibility index (Phi) is 3.52. The van der Waals surface area contributed by atoms with Gasteiger partial charge in [0.2, 0.25) is 0 Å². The summed E-state index contributed by atoms with van der Waals surface area (Å²) in [5.74, 6) is -0.0204. The third-order valence-corrected chi connectivity index (χ3v) is 4.92. The Morgan fingerprint density at radius 1 is 1.30 bits per heavy atom. The van der Waals surface area contributed by atoms with Crippen molar-refractivity contribution in [3.8, 4) is 11.1 Å². The molecule has 0 radical (unpaired) electrons. The van der Waals surface area contributed by atoms with Crippen molar-refractivity contribution >= 4 is 5.69 Å². The summed E-state index contributed by atoms with van der Waals surface area (Å²) in [6.45, 7) is 11.3. The summed E-state index contributed by atoms with van der Waals surface area (Å²) in [5, 5.41) is 17.8. The van der Waals surface area contributed by atoms with Crippen LogP contribution < -0.4 is 5.32 Å². The van der Waals surface area contributed by atoms with Gasteiger partial charge in [-0.3, -0.25) is 0 Å².